The Kier molecular flexibility index (Phi) is 6.43. The molecule has 0 fully saturated rings. The minimum atomic E-state index is 0.558. The second-order valence-electron chi connectivity index (χ2n) is 4.02. The van der Waals surface area contributed by atoms with Gasteiger partial charge in [-0.05, 0) is 43.5 Å². The van der Waals surface area contributed by atoms with Crippen molar-refractivity contribution < 1.29 is 0 Å². The molecular weight excluding hydrogens is 262 g/mol. The van der Waals surface area contributed by atoms with Crippen LogP contribution in [0.2, 0.25) is 0 Å². The summed E-state index contributed by atoms with van der Waals surface area (Å²) in [6.07, 6.45) is 5.40. The van der Waals surface area contributed by atoms with Gasteiger partial charge in [-0.3, -0.25) is 0 Å². The van der Waals surface area contributed by atoms with Crippen LogP contribution >= 0.6 is 15.9 Å². The summed E-state index contributed by atoms with van der Waals surface area (Å²) in [4.78, 5) is 0. The van der Waals surface area contributed by atoms with E-state index in [0.29, 0.717) is 5.92 Å². The SMILES string of the molecule is C/C=C/CCNCC(C)c1cccc(Br)c1. The van der Waals surface area contributed by atoms with Gasteiger partial charge in [-0.2, -0.15) is 0 Å². The Morgan fingerprint density at radius 2 is 2.25 bits per heavy atom. The van der Waals surface area contributed by atoms with Crippen LogP contribution in [-0.4, -0.2) is 13.1 Å². The van der Waals surface area contributed by atoms with Crippen molar-refractivity contribution in [3.05, 3.63) is 46.5 Å². The first-order chi connectivity index (χ1) is 7.74. The van der Waals surface area contributed by atoms with Gasteiger partial charge in [0.2, 0.25) is 0 Å². The fourth-order valence-electron chi connectivity index (χ4n) is 1.60. The van der Waals surface area contributed by atoms with Crippen molar-refractivity contribution in [2.45, 2.75) is 26.2 Å². The predicted molar refractivity (Wildman–Crippen MR) is 74.9 cm³/mol. The van der Waals surface area contributed by atoms with E-state index in [0.717, 1.165) is 24.0 Å². The number of nitrogens with one attached hydrogen (secondary N) is 1. The number of hydrogen-bond acceptors (Lipinski definition) is 1. The molecule has 2 heteroatoms. The summed E-state index contributed by atoms with van der Waals surface area (Å²) in [7, 11) is 0. The number of hydrogen-bond donors (Lipinski definition) is 1. The first-order valence-corrected chi connectivity index (χ1v) is 6.60. The van der Waals surface area contributed by atoms with Crippen molar-refractivity contribution in [2.24, 2.45) is 0 Å². The van der Waals surface area contributed by atoms with Gasteiger partial charge in [-0.15, -0.1) is 0 Å². The minimum Gasteiger partial charge on any atom is -0.316 e. The van der Waals surface area contributed by atoms with E-state index in [9.17, 15) is 0 Å². The molecule has 1 aromatic rings. The lowest BCUT2D eigenvalue weighted by atomic mass is 10.0. The molecule has 0 aliphatic heterocycles. The van der Waals surface area contributed by atoms with Crippen molar-refractivity contribution in [1.82, 2.24) is 5.32 Å². The van der Waals surface area contributed by atoms with E-state index in [-0.39, 0.29) is 0 Å². The zero-order valence-corrected chi connectivity index (χ0v) is 11.6. The predicted octanol–water partition coefficient (Wildman–Crippen LogP) is 4.11. The molecule has 0 amide bonds. The Bertz CT molecular complexity index is 333. The highest BCUT2D eigenvalue weighted by Crippen LogP contribution is 2.18. The maximum atomic E-state index is 3.50. The topological polar surface area (TPSA) is 12.0 Å². The molecule has 0 aromatic heterocycles. The molecule has 0 radical (unpaired) electrons. The smallest absolute Gasteiger partial charge is 0.0178 e. The summed E-state index contributed by atoms with van der Waals surface area (Å²) < 4.78 is 1.16. The number of halogens is 1. The zero-order chi connectivity index (χ0) is 11.8. The van der Waals surface area contributed by atoms with Crippen molar-refractivity contribution >= 4 is 15.9 Å². The third-order valence-corrected chi connectivity index (χ3v) is 3.08. The maximum Gasteiger partial charge on any atom is 0.0178 e. The molecule has 0 aliphatic rings. The monoisotopic (exact) mass is 281 g/mol. The number of rotatable bonds is 6. The molecular formula is C14H20BrN. The molecule has 88 valence electrons. The molecule has 0 heterocycles. The number of benzene rings is 1. The molecule has 0 bridgehead atoms. The quantitative estimate of drug-likeness (QED) is 0.611. The van der Waals surface area contributed by atoms with Gasteiger partial charge in [-0.25, -0.2) is 0 Å². The normalized spacial score (nSPS) is 13.2. The summed E-state index contributed by atoms with van der Waals surface area (Å²) in [6, 6.07) is 8.53. The Hall–Kier alpha value is -0.600. The highest BCUT2D eigenvalue weighted by molar-refractivity contribution is 9.10. The largest absolute Gasteiger partial charge is 0.316 e. The van der Waals surface area contributed by atoms with E-state index in [4.69, 9.17) is 0 Å². The number of allylic oxidation sites excluding steroid dienone is 1. The highest BCUT2D eigenvalue weighted by Gasteiger charge is 2.04. The Labute approximate surface area is 107 Å². The van der Waals surface area contributed by atoms with Crippen LogP contribution in [0.1, 0.15) is 31.7 Å². The molecule has 0 saturated heterocycles. The highest BCUT2D eigenvalue weighted by atomic mass is 79.9. The lowest BCUT2D eigenvalue weighted by Crippen LogP contribution is -2.20. The van der Waals surface area contributed by atoms with Gasteiger partial charge in [-0.1, -0.05) is 47.1 Å². The van der Waals surface area contributed by atoms with Crippen molar-refractivity contribution in [3.8, 4) is 0 Å². The summed E-state index contributed by atoms with van der Waals surface area (Å²) in [6.45, 7) is 6.41. The van der Waals surface area contributed by atoms with E-state index >= 15 is 0 Å². The Balaban J connectivity index is 2.32. The lowest BCUT2D eigenvalue weighted by molar-refractivity contribution is 0.619. The first-order valence-electron chi connectivity index (χ1n) is 5.81. The molecule has 1 atom stereocenters. The van der Waals surface area contributed by atoms with Gasteiger partial charge in [0.05, 0.1) is 0 Å². The average molecular weight is 282 g/mol. The van der Waals surface area contributed by atoms with E-state index < -0.39 is 0 Å². The molecule has 1 aromatic carbocycles. The van der Waals surface area contributed by atoms with E-state index in [2.05, 4.69) is 71.5 Å². The standard InChI is InChI=1S/C14H20BrN/c1-3-4-5-9-16-11-12(2)13-7-6-8-14(15)10-13/h3-4,6-8,10,12,16H,5,9,11H2,1-2H3/b4-3+. The van der Waals surface area contributed by atoms with Crippen LogP contribution in [0.3, 0.4) is 0 Å². The first kappa shape index (κ1) is 13.5. The van der Waals surface area contributed by atoms with Crippen LogP contribution in [0.4, 0.5) is 0 Å². The van der Waals surface area contributed by atoms with Crippen LogP contribution < -0.4 is 5.32 Å². The Morgan fingerprint density at radius 3 is 2.94 bits per heavy atom. The molecule has 0 aliphatic carbocycles. The van der Waals surface area contributed by atoms with Gasteiger partial charge in [0.15, 0.2) is 0 Å². The van der Waals surface area contributed by atoms with Gasteiger partial charge in [0, 0.05) is 11.0 Å². The molecule has 1 unspecified atom stereocenters. The average Bonchev–Trinajstić information content (AvgIpc) is 2.28. The van der Waals surface area contributed by atoms with Gasteiger partial charge < -0.3 is 5.32 Å². The van der Waals surface area contributed by atoms with Crippen LogP contribution in [0, 0.1) is 0 Å². The van der Waals surface area contributed by atoms with Crippen LogP contribution in [0.5, 0.6) is 0 Å². The van der Waals surface area contributed by atoms with Crippen LogP contribution in [0.15, 0.2) is 40.9 Å². The molecule has 16 heavy (non-hydrogen) atoms. The summed E-state index contributed by atoms with van der Waals surface area (Å²) >= 11 is 3.50. The van der Waals surface area contributed by atoms with Crippen LogP contribution in [-0.2, 0) is 0 Å². The fourth-order valence-corrected chi connectivity index (χ4v) is 2.02. The van der Waals surface area contributed by atoms with Gasteiger partial charge in [0.1, 0.15) is 0 Å². The van der Waals surface area contributed by atoms with Crippen LogP contribution in [0.25, 0.3) is 0 Å². The van der Waals surface area contributed by atoms with Gasteiger partial charge in [0.25, 0.3) is 0 Å². The molecule has 1 N–H and O–H groups in total. The molecule has 0 saturated carbocycles. The van der Waals surface area contributed by atoms with E-state index in [1.807, 2.05) is 0 Å². The van der Waals surface area contributed by atoms with E-state index in [1.165, 1.54) is 5.56 Å². The van der Waals surface area contributed by atoms with E-state index in [1.54, 1.807) is 0 Å². The summed E-state index contributed by atoms with van der Waals surface area (Å²) in [5.41, 5.74) is 1.38. The third-order valence-electron chi connectivity index (χ3n) is 2.59. The van der Waals surface area contributed by atoms with Crippen molar-refractivity contribution in [2.75, 3.05) is 13.1 Å². The second kappa shape index (κ2) is 7.64. The fraction of sp³-hybridized carbons (Fsp3) is 0.429. The van der Waals surface area contributed by atoms with Gasteiger partial charge >= 0.3 is 0 Å². The minimum absolute atomic E-state index is 0.558. The maximum absolute atomic E-state index is 3.50. The Morgan fingerprint density at radius 1 is 1.44 bits per heavy atom. The second-order valence-corrected chi connectivity index (χ2v) is 4.93. The van der Waals surface area contributed by atoms with Crippen molar-refractivity contribution in [1.29, 1.82) is 0 Å². The molecule has 0 spiro atoms. The lowest BCUT2D eigenvalue weighted by Gasteiger charge is -2.12. The molecule has 1 rings (SSSR count). The summed E-state index contributed by atoms with van der Waals surface area (Å²) in [5.74, 6) is 0.558. The molecule has 1 nitrogen and oxygen atoms in total. The van der Waals surface area contributed by atoms with Crippen molar-refractivity contribution in [3.63, 3.8) is 0 Å². The summed E-state index contributed by atoms with van der Waals surface area (Å²) in [5, 5.41) is 3.47. The zero-order valence-electron chi connectivity index (χ0n) is 10.0. The third kappa shape index (κ3) is 4.95.